The Morgan fingerprint density at radius 1 is 1.28 bits per heavy atom. The van der Waals surface area contributed by atoms with Crippen molar-refractivity contribution in [1.82, 2.24) is 15.2 Å². The summed E-state index contributed by atoms with van der Waals surface area (Å²) in [5.41, 5.74) is 1.30. The van der Waals surface area contributed by atoms with Crippen LogP contribution < -0.4 is 5.32 Å². The second kappa shape index (κ2) is 5.68. The number of nitrogens with one attached hydrogen (secondary N) is 1. The molecule has 0 spiro atoms. The molecule has 0 radical (unpaired) electrons. The molecule has 1 unspecified atom stereocenters. The lowest BCUT2D eigenvalue weighted by molar-refractivity contribution is 0.255. The number of aromatic nitrogens is 1. The van der Waals surface area contributed by atoms with E-state index in [9.17, 15) is 0 Å². The van der Waals surface area contributed by atoms with Gasteiger partial charge in [0.25, 0.3) is 0 Å². The Labute approximate surface area is 114 Å². The van der Waals surface area contributed by atoms with Crippen molar-refractivity contribution in [2.45, 2.75) is 44.1 Å². The summed E-state index contributed by atoms with van der Waals surface area (Å²) in [6, 6.07) is 0.523. The molecule has 0 saturated carbocycles. The Morgan fingerprint density at radius 2 is 2.11 bits per heavy atom. The van der Waals surface area contributed by atoms with E-state index in [2.05, 4.69) is 22.6 Å². The van der Waals surface area contributed by atoms with Crippen LogP contribution in [0.5, 0.6) is 0 Å². The highest BCUT2D eigenvalue weighted by atomic mass is 32.1. The molecule has 0 aromatic carbocycles. The lowest BCUT2D eigenvalue weighted by atomic mass is 9.98. The van der Waals surface area contributed by atoms with E-state index in [-0.39, 0.29) is 0 Å². The second-order valence-electron chi connectivity index (χ2n) is 5.69. The van der Waals surface area contributed by atoms with E-state index in [1.807, 2.05) is 11.3 Å². The maximum Gasteiger partial charge on any atom is 0.0960 e. The van der Waals surface area contributed by atoms with Crippen molar-refractivity contribution in [2.75, 3.05) is 26.7 Å². The average molecular weight is 265 g/mol. The molecule has 3 nitrogen and oxygen atoms in total. The largest absolute Gasteiger partial charge is 0.309 e. The highest BCUT2D eigenvalue weighted by molar-refractivity contribution is 7.09. The number of piperidine rings is 2. The molecule has 3 heterocycles. The molecule has 2 saturated heterocycles. The average Bonchev–Trinajstić information content (AvgIpc) is 2.90. The Bertz CT molecular complexity index is 376. The van der Waals surface area contributed by atoms with Crippen molar-refractivity contribution in [2.24, 2.45) is 0 Å². The van der Waals surface area contributed by atoms with E-state index < -0.39 is 0 Å². The fourth-order valence-corrected chi connectivity index (χ4v) is 4.05. The van der Waals surface area contributed by atoms with Crippen LogP contribution in [0.25, 0.3) is 0 Å². The van der Waals surface area contributed by atoms with Crippen LogP contribution >= 0.6 is 11.3 Å². The Balaban J connectivity index is 1.65. The Hall–Kier alpha value is -0.450. The smallest absolute Gasteiger partial charge is 0.0960 e. The van der Waals surface area contributed by atoms with Gasteiger partial charge in [0, 0.05) is 11.3 Å². The van der Waals surface area contributed by atoms with Gasteiger partial charge in [-0.25, -0.2) is 4.98 Å². The maximum atomic E-state index is 4.92. The number of nitrogens with zero attached hydrogens (tertiary/aromatic N) is 2. The van der Waals surface area contributed by atoms with Gasteiger partial charge in [0.1, 0.15) is 0 Å². The molecule has 1 aromatic rings. The Morgan fingerprint density at radius 3 is 2.83 bits per heavy atom. The zero-order valence-corrected chi connectivity index (χ0v) is 12.0. The zero-order chi connectivity index (χ0) is 12.4. The molecule has 2 aliphatic rings. The highest BCUT2D eigenvalue weighted by Crippen LogP contribution is 2.32. The molecular formula is C14H23N3S. The van der Waals surface area contributed by atoms with E-state index in [1.54, 1.807) is 0 Å². The molecule has 0 aliphatic carbocycles. The van der Waals surface area contributed by atoms with Crippen LogP contribution in [0.15, 0.2) is 5.38 Å². The predicted octanol–water partition coefficient (Wildman–Crippen LogP) is 2.77. The van der Waals surface area contributed by atoms with Crippen LogP contribution in [0.2, 0.25) is 0 Å². The number of thiazole rings is 1. The van der Waals surface area contributed by atoms with E-state index in [0.29, 0.717) is 12.0 Å². The van der Waals surface area contributed by atoms with Gasteiger partial charge in [-0.05, 0) is 52.4 Å². The maximum absolute atomic E-state index is 4.92. The molecular weight excluding hydrogens is 242 g/mol. The molecule has 3 rings (SSSR count). The van der Waals surface area contributed by atoms with Crippen molar-refractivity contribution < 1.29 is 0 Å². The van der Waals surface area contributed by atoms with Crippen molar-refractivity contribution in [3.05, 3.63) is 16.1 Å². The molecule has 0 bridgehead atoms. The first kappa shape index (κ1) is 12.6. The summed E-state index contributed by atoms with van der Waals surface area (Å²) in [7, 11) is 2.22. The summed E-state index contributed by atoms with van der Waals surface area (Å²) in [5, 5.41) is 7.26. The monoisotopic (exact) mass is 265 g/mol. The van der Waals surface area contributed by atoms with Gasteiger partial charge >= 0.3 is 0 Å². The van der Waals surface area contributed by atoms with Crippen molar-refractivity contribution >= 4 is 11.3 Å². The summed E-state index contributed by atoms with van der Waals surface area (Å²) in [5.74, 6) is 0.712. The van der Waals surface area contributed by atoms with Crippen molar-refractivity contribution in [3.8, 4) is 0 Å². The lowest BCUT2D eigenvalue weighted by Crippen LogP contribution is -2.29. The predicted molar refractivity (Wildman–Crippen MR) is 76.2 cm³/mol. The van der Waals surface area contributed by atoms with Gasteiger partial charge in [0.15, 0.2) is 0 Å². The summed E-state index contributed by atoms with van der Waals surface area (Å²) < 4.78 is 0. The number of hydrogen-bond acceptors (Lipinski definition) is 4. The van der Waals surface area contributed by atoms with E-state index in [4.69, 9.17) is 4.98 Å². The van der Waals surface area contributed by atoms with Gasteiger partial charge in [-0.2, -0.15) is 0 Å². The SMILES string of the molecule is CN1CCC(c2nc(C3CCCCN3)cs2)CC1. The molecule has 100 valence electrons. The van der Waals surface area contributed by atoms with Crippen LogP contribution in [-0.2, 0) is 0 Å². The van der Waals surface area contributed by atoms with Crippen molar-refractivity contribution in [3.63, 3.8) is 0 Å². The molecule has 2 fully saturated rings. The van der Waals surface area contributed by atoms with Gasteiger partial charge in [-0.1, -0.05) is 6.42 Å². The molecule has 2 aliphatic heterocycles. The third-order valence-electron chi connectivity index (χ3n) is 4.27. The standard InChI is InChI=1S/C14H23N3S/c1-17-8-5-11(6-9-17)14-16-13(10-18-14)12-4-2-3-7-15-12/h10-12,15H,2-9H2,1H3. The quantitative estimate of drug-likeness (QED) is 0.891. The van der Waals surface area contributed by atoms with Crippen LogP contribution in [0, 0.1) is 0 Å². The van der Waals surface area contributed by atoms with Gasteiger partial charge in [0.05, 0.1) is 16.7 Å². The highest BCUT2D eigenvalue weighted by Gasteiger charge is 2.23. The zero-order valence-electron chi connectivity index (χ0n) is 11.2. The van der Waals surface area contributed by atoms with Gasteiger partial charge < -0.3 is 10.2 Å². The first-order chi connectivity index (χ1) is 8.83. The summed E-state index contributed by atoms with van der Waals surface area (Å²) in [6.45, 7) is 3.61. The summed E-state index contributed by atoms with van der Waals surface area (Å²) in [4.78, 5) is 7.34. The minimum Gasteiger partial charge on any atom is -0.309 e. The van der Waals surface area contributed by atoms with Crippen LogP contribution in [0.1, 0.15) is 54.8 Å². The number of likely N-dealkylation sites (tertiary alicyclic amines) is 1. The molecule has 4 heteroatoms. The van der Waals surface area contributed by atoms with E-state index in [0.717, 1.165) is 6.54 Å². The molecule has 1 aromatic heterocycles. The number of rotatable bonds is 2. The minimum absolute atomic E-state index is 0.523. The van der Waals surface area contributed by atoms with Gasteiger partial charge in [0.2, 0.25) is 0 Å². The van der Waals surface area contributed by atoms with E-state index in [1.165, 1.54) is 55.9 Å². The van der Waals surface area contributed by atoms with Gasteiger partial charge in [-0.3, -0.25) is 0 Å². The molecule has 18 heavy (non-hydrogen) atoms. The first-order valence-corrected chi connectivity index (χ1v) is 8.08. The Kier molecular flexibility index (Phi) is 3.97. The fraction of sp³-hybridized carbons (Fsp3) is 0.786. The normalized spacial score (nSPS) is 27.5. The topological polar surface area (TPSA) is 28.2 Å². The van der Waals surface area contributed by atoms with Gasteiger partial charge in [-0.15, -0.1) is 11.3 Å². The number of hydrogen-bond donors (Lipinski definition) is 1. The minimum atomic E-state index is 0.523. The fourth-order valence-electron chi connectivity index (χ4n) is 3.01. The first-order valence-electron chi connectivity index (χ1n) is 7.20. The molecule has 1 N–H and O–H groups in total. The molecule has 0 amide bonds. The second-order valence-corrected chi connectivity index (χ2v) is 6.58. The lowest BCUT2D eigenvalue weighted by Gasteiger charge is -2.27. The van der Waals surface area contributed by atoms with Crippen LogP contribution in [-0.4, -0.2) is 36.6 Å². The third kappa shape index (κ3) is 2.76. The molecule has 1 atom stereocenters. The summed E-state index contributed by atoms with van der Waals surface area (Å²) >= 11 is 1.88. The van der Waals surface area contributed by atoms with Crippen LogP contribution in [0.3, 0.4) is 0 Å². The van der Waals surface area contributed by atoms with Crippen LogP contribution in [0.4, 0.5) is 0 Å². The summed E-state index contributed by atoms with van der Waals surface area (Å²) in [6.07, 6.45) is 6.49. The third-order valence-corrected chi connectivity index (χ3v) is 5.30. The van der Waals surface area contributed by atoms with Crippen molar-refractivity contribution in [1.29, 1.82) is 0 Å². The van der Waals surface area contributed by atoms with E-state index >= 15 is 0 Å².